The Hall–Kier alpha value is -2.34. The van der Waals surface area contributed by atoms with Crippen LogP contribution in [0.3, 0.4) is 0 Å². The summed E-state index contributed by atoms with van der Waals surface area (Å²) < 4.78 is 6.50. The van der Waals surface area contributed by atoms with Crippen molar-refractivity contribution in [1.29, 1.82) is 0 Å². The summed E-state index contributed by atoms with van der Waals surface area (Å²) in [6.45, 7) is 10.1. The van der Waals surface area contributed by atoms with E-state index in [2.05, 4.69) is 35.1 Å². The average Bonchev–Trinajstić information content (AvgIpc) is 2.70. The van der Waals surface area contributed by atoms with Crippen LogP contribution in [0.4, 0.5) is 5.69 Å². The Balaban J connectivity index is 2.07. The van der Waals surface area contributed by atoms with E-state index in [9.17, 15) is 9.59 Å². The molecule has 0 saturated heterocycles. The maximum Gasteiger partial charge on any atom is 0.255 e. The van der Waals surface area contributed by atoms with E-state index in [1.54, 1.807) is 47.4 Å². The molecular formula is C23H29BrN2O3. The van der Waals surface area contributed by atoms with Gasteiger partial charge in [-0.2, -0.15) is 0 Å². The number of benzene rings is 2. The first-order valence-electron chi connectivity index (χ1n) is 9.98. The second kappa shape index (κ2) is 11.0. The molecule has 2 aromatic carbocycles. The van der Waals surface area contributed by atoms with Crippen molar-refractivity contribution in [1.82, 2.24) is 4.90 Å². The minimum Gasteiger partial charge on any atom is -0.492 e. The van der Waals surface area contributed by atoms with Crippen molar-refractivity contribution in [2.45, 2.75) is 34.1 Å². The number of halogens is 1. The van der Waals surface area contributed by atoms with Gasteiger partial charge in [0.25, 0.3) is 11.8 Å². The van der Waals surface area contributed by atoms with Crippen molar-refractivity contribution in [3.8, 4) is 5.75 Å². The molecule has 0 bridgehead atoms. The molecule has 1 N–H and O–H groups in total. The molecular weight excluding hydrogens is 432 g/mol. The zero-order valence-corrected chi connectivity index (χ0v) is 19.1. The van der Waals surface area contributed by atoms with Crippen molar-refractivity contribution in [3.63, 3.8) is 0 Å². The van der Waals surface area contributed by atoms with Gasteiger partial charge in [-0.05, 0) is 78.5 Å². The van der Waals surface area contributed by atoms with Crippen LogP contribution >= 0.6 is 15.9 Å². The smallest absolute Gasteiger partial charge is 0.255 e. The fraction of sp³-hybridized carbons (Fsp3) is 0.391. The Labute approximate surface area is 181 Å². The lowest BCUT2D eigenvalue weighted by atomic mass is 10.1. The van der Waals surface area contributed by atoms with Gasteiger partial charge in [0.15, 0.2) is 0 Å². The number of nitrogens with zero attached hydrogens (tertiary/aromatic N) is 1. The Bertz CT molecular complexity index is 848. The maximum absolute atomic E-state index is 12.6. The van der Waals surface area contributed by atoms with Gasteiger partial charge in [-0.1, -0.05) is 19.9 Å². The first kappa shape index (κ1) is 22.9. The van der Waals surface area contributed by atoms with Gasteiger partial charge in [0.2, 0.25) is 0 Å². The molecule has 0 atom stereocenters. The van der Waals surface area contributed by atoms with Crippen LogP contribution in [0.1, 0.15) is 54.8 Å². The zero-order valence-electron chi connectivity index (χ0n) is 17.5. The van der Waals surface area contributed by atoms with E-state index >= 15 is 0 Å². The lowest BCUT2D eigenvalue weighted by Gasteiger charge is -2.19. The summed E-state index contributed by atoms with van der Waals surface area (Å²) in [5.41, 5.74) is 1.65. The third-order valence-corrected chi connectivity index (χ3v) is 5.18. The molecule has 29 heavy (non-hydrogen) atoms. The third kappa shape index (κ3) is 6.60. The van der Waals surface area contributed by atoms with Crippen molar-refractivity contribution in [2.24, 2.45) is 5.92 Å². The van der Waals surface area contributed by atoms with Crippen LogP contribution in [-0.4, -0.2) is 36.4 Å². The molecule has 0 aromatic heterocycles. The van der Waals surface area contributed by atoms with E-state index in [0.717, 1.165) is 10.9 Å². The summed E-state index contributed by atoms with van der Waals surface area (Å²) in [5, 5.41) is 2.86. The summed E-state index contributed by atoms with van der Waals surface area (Å²) in [5.74, 6) is 1.00. The van der Waals surface area contributed by atoms with Gasteiger partial charge in [-0.25, -0.2) is 0 Å². The summed E-state index contributed by atoms with van der Waals surface area (Å²) in [6.07, 6.45) is 0.969. The fourth-order valence-electron chi connectivity index (χ4n) is 2.79. The Morgan fingerprint density at radius 2 is 1.79 bits per heavy atom. The van der Waals surface area contributed by atoms with Gasteiger partial charge in [-0.15, -0.1) is 0 Å². The standard InChI is InChI=1S/C23H29BrN2O3/c1-5-26(6-2)23(28)18-8-7-9-19(14-18)25-22(27)17-10-11-21(20(24)15-17)29-13-12-16(3)4/h7-11,14-16H,5-6,12-13H2,1-4H3,(H,25,27). The highest BCUT2D eigenvalue weighted by Crippen LogP contribution is 2.27. The summed E-state index contributed by atoms with van der Waals surface area (Å²) in [4.78, 5) is 26.9. The number of rotatable bonds is 9. The van der Waals surface area contributed by atoms with Crippen molar-refractivity contribution in [3.05, 3.63) is 58.1 Å². The van der Waals surface area contributed by atoms with E-state index in [0.29, 0.717) is 48.2 Å². The Morgan fingerprint density at radius 3 is 2.41 bits per heavy atom. The Morgan fingerprint density at radius 1 is 1.07 bits per heavy atom. The van der Waals surface area contributed by atoms with Crippen molar-refractivity contribution >= 4 is 33.4 Å². The van der Waals surface area contributed by atoms with Crippen LogP contribution in [-0.2, 0) is 0 Å². The van der Waals surface area contributed by atoms with Crippen molar-refractivity contribution < 1.29 is 14.3 Å². The SMILES string of the molecule is CCN(CC)C(=O)c1cccc(NC(=O)c2ccc(OCCC(C)C)c(Br)c2)c1. The second-order valence-corrected chi connectivity index (χ2v) is 8.04. The van der Waals surface area contributed by atoms with Gasteiger partial charge in [0, 0.05) is 29.9 Å². The number of anilines is 1. The average molecular weight is 461 g/mol. The Kier molecular flexibility index (Phi) is 8.70. The molecule has 0 unspecified atom stereocenters. The number of hydrogen-bond acceptors (Lipinski definition) is 3. The van der Waals surface area contributed by atoms with Crippen LogP contribution in [0.15, 0.2) is 46.9 Å². The lowest BCUT2D eigenvalue weighted by molar-refractivity contribution is 0.0772. The van der Waals surface area contributed by atoms with Crippen LogP contribution in [0, 0.1) is 5.92 Å². The molecule has 2 aromatic rings. The zero-order chi connectivity index (χ0) is 21.4. The second-order valence-electron chi connectivity index (χ2n) is 7.19. The minimum atomic E-state index is -0.244. The number of ether oxygens (including phenoxy) is 1. The van der Waals surface area contributed by atoms with Crippen molar-refractivity contribution in [2.75, 3.05) is 25.0 Å². The fourth-order valence-corrected chi connectivity index (χ4v) is 3.28. The monoisotopic (exact) mass is 460 g/mol. The van der Waals surface area contributed by atoms with Gasteiger partial charge in [-0.3, -0.25) is 9.59 Å². The normalized spacial score (nSPS) is 10.7. The quantitative estimate of drug-likeness (QED) is 0.528. The molecule has 2 amide bonds. The molecule has 5 nitrogen and oxygen atoms in total. The maximum atomic E-state index is 12.6. The number of hydrogen-bond donors (Lipinski definition) is 1. The van der Waals surface area contributed by atoms with Crippen LogP contribution in [0.25, 0.3) is 0 Å². The summed E-state index contributed by atoms with van der Waals surface area (Å²) >= 11 is 3.48. The lowest BCUT2D eigenvalue weighted by Crippen LogP contribution is -2.30. The molecule has 0 aliphatic rings. The molecule has 2 rings (SSSR count). The largest absolute Gasteiger partial charge is 0.492 e. The van der Waals surface area contributed by atoms with E-state index in [1.807, 2.05) is 13.8 Å². The molecule has 6 heteroatoms. The molecule has 0 aliphatic carbocycles. The summed E-state index contributed by atoms with van der Waals surface area (Å²) in [7, 11) is 0. The topological polar surface area (TPSA) is 58.6 Å². The van der Waals surface area contributed by atoms with E-state index < -0.39 is 0 Å². The van der Waals surface area contributed by atoms with Gasteiger partial charge in [0.05, 0.1) is 11.1 Å². The molecule has 0 aliphatic heterocycles. The first-order chi connectivity index (χ1) is 13.8. The predicted octanol–water partition coefficient (Wildman–Crippen LogP) is 5.61. The highest BCUT2D eigenvalue weighted by atomic mass is 79.9. The third-order valence-electron chi connectivity index (χ3n) is 4.56. The van der Waals surface area contributed by atoms with Gasteiger partial charge in [0.1, 0.15) is 5.75 Å². The molecule has 0 heterocycles. The number of carbonyl (C=O) groups is 2. The minimum absolute atomic E-state index is 0.0447. The van der Waals surface area contributed by atoms with E-state index in [-0.39, 0.29) is 11.8 Å². The van der Waals surface area contributed by atoms with E-state index in [1.165, 1.54) is 0 Å². The highest BCUT2D eigenvalue weighted by molar-refractivity contribution is 9.10. The number of amides is 2. The molecule has 0 spiro atoms. The number of nitrogens with one attached hydrogen (secondary N) is 1. The van der Waals surface area contributed by atoms with Crippen LogP contribution < -0.4 is 10.1 Å². The number of carbonyl (C=O) groups excluding carboxylic acids is 2. The predicted molar refractivity (Wildman–Crippen MR) is 121 cm³/mol. The molecule has 156 valence electrons. The molecule has 0 radical (unpaired) electrons. The van der Waals surface area contributed by atoms with Crippen LogP contribution in [0.5, 0.6) is 5.75 Å². The first-order valence-corrected chi connectivity index (χ1v) is 10.8. The van der Waals surface area contributed by atoms with Crippen LogP contribution in [0.2, 0.25) is 0 Å². The van der Waals surface area contributed by atoms with Gasteiger partial charge < -0.3 is 15.0 Å². The summed E-state index contributed by atoms with van der Waals surface area (Å²) in [6, 6.07) is 12.3. The molecule has 0 fully saturated rings. The highest BCUT2D eigenvalue weighted by Gasteiger charge is 2.14. The van der Waals surface area contributed by atoms with E-state index in [4.69, 9.17) is 4.74 Å². The molecule has 0 saturated carbocycles. The van der Waals surface area contributed by atoms with Gasteiger partial charge >= 0.3 is 0 Å².